The molecule has 0 spiro atoms. The molecular formula is C11H8F3N3O2S. The normalized spacial score (nSPS) is 11.2. The van der Waals surface area contributed by atoms with Crippen molar-refractivity contribution in [3.8, 4) is 5.75 Å². The summed E-state index contributed by atoms with van der Waals surface area (Å²) in [5.74, 6) is -1.23. The monoisotopic (exact) mass is 303 g/mol. The molecule has 5 nitrogen and oxygen atoms in total. The lowest BCUT2D eigenvalue weighted by Gasteiger charge is -2.12. The molecule has 0 atom stereocenters. The van der Waals surface area contributed by atoms with Gasteiger partial charge in [-0.2, -0.15) is 0 Å². The Bertz CT molecular complexity index is 614. The Hall–Kier alpha value is -2.29. The van der Waals surface area contributed by atoms with E-state index in [1.54, 1.807) is 5.38 Å². The number of hydrogen-bond donors (Lipinski definition) is 2. The van der Waals surface area contributed by atoms with Crippen molar-refractivity contribution in [1.82, 2.24) is 4.98 Å². The molecule has 0 aliphatic carbocycles. The third kappa shape index (κ3) is 3.60. The number of halogens is 3. The van der Waals surface area contributed by atoms with Gasteiger partial charge in [0.2, 0.25) is 0 Å². The highest BCUT2D eigenvalue weighted by atomic mass is 32.1. The molecule has 0 saturated carbocycles. The molecule has 0 unspecified atom stereocenters. The summed E-state index contributed by atoms with van der Waals surface area (Å²) < 4.78 is 40.3. The van der Waals surface area contributed by atoms with Gasteiger partial charge in [-0.3, -0.25) is 10.1 Å². The minimum Gasteiger partial charge on any atom is -0.404 e. The van der Waals surface area contributed by atoms with E-state index >= 15 is 0 Å². The lowest BCUT2D eigenvalue weighted by molar-refractivity contribution is -0.274. The maximum absolute atomic E-state index is 12.2. The number of carbonyl (C=O) groups excluding carboxylic acids is 1. The summed E-state index contributed by atoms with van der Waals surface area (Å²) in [7, 11) is 0. The van der Waals surface area contributed by atoms with E-state index in [4.69, 9.17) is 5.73 Å². The SMILES string of the molecule is Nc1ccc(C(=O)Nc2nccs2)cc1OC(F)(F)F. The molecular weight excluding hydrogens is 295 g/mol. The van der Waals surface area contributed by atoms with Gasteiger partial charge in [-0.25, -0.2) is 4.98 Å². The molecule has 0 fully saturated rings. The Morgan fingerprint density at radius 2 is 2.15 bits per heavy atom. The fourth-order valence-electron chi connectivity index (χ4n) is 1.34. The van der Waals surface area contributed by atoms with Crippen molar-refractivity contribution in [2.24, 2.45) is 0 Å². The number of hydrogen-bond acceptors (Lipinski definition) is 5. The Kier molecular flexibility index (Phi) is 3.79. The predicted molar refractivity (Wildman–Crippen MR) is 67.6 cm³/mol. The number of ether oxygens (including phenoxy) is 1. The second-order valence-electron chi connectivity index (χ2n) is 3.59. The first-order chi connectivity index (χ1) is 9.35. The van der Waals surface area contributed by atoms with Crippen LogP contribution in [0.3, 0.4) is 0 Å². The highest BCUT2D eigenvalue weighted by Crippen LogP contribution is 2.29. The molecule has 0 saturated heterocycles. The van der Waals surface area contributed by atoms with Gasteiger partial charge in [0.1, 0.15) is 0 Å². The topological polar surface area (TPSA) is 77.2 Å². The van der Waals surface area contributed by atoms with Crippen LogP contribution >= 0.6 is 11.3 Å². The molecule has 0 aliphatic rings. The van der Waals surface area contributed by atoms with Crippen molar-refractivity contribution in [3.05, 3.63) is 35.3 Å². The van der Waals surface area contributed by atoms with E-state index in [1.165, 1.54) is 23.6 Å². The van der Waals surface area contributed by atoms with Gasteiger partial charge in [-0.05, 0) is 18.2 Å². The van der Waals surface area contributed by atoms with Crippen LogP contribution in [0.1, 0.15) is 10.4 Å². The largest absolute Gasteiger partial charge is 0.573 e. The molecule has 106 valence electrons. The summed E-state index contributed by atoms with van der Waals surface area (Å²) in [6.45, 7) is 0. The second-order valence-corrected chi connectivity index (χ2v) is 4.49. The van der Waals surface area contributed by atoms with Gasteiger partial charge >= 0.3 is 6.36 Å². The average molecular weight is 303 g/mol. The zero-order valence-electron chi connectivity index (χ0n) is 9.77. The summed E-state index contributed by atoms with van der Waals surface area (Å²) in [5, 5.41) is 4.43. The van der Waals surface area contributed by atoms with Gasteiger partial charge in [0, 0.05) is 17.1 Å². The number of carbonyl (C=O) groups is 1. The zero-order chi connectivity index (χ0) is 14.8. The Labute approximate surface area is 115 Å². The lowest BCUT2D eigenvalue weighted by Crippen LogP contribution is -2.19. The lowest BCUT2D eigenvalue weighted by atomic mass is 10.2. The number of amides is 1. The number of nitrogen functional groups attached to an aromatic ring is 1. The van der Waals surface area contributed by atoms with E-state index in [0.29, 0.717) is 5.13 Å². The molecule has 1 aromatic carbocycles. The number of anilines is 2. The number of aromatic nitrogens is 1. The van der Waals surface area contributed by atoms with Crippen molar-refractivity contribution >= 4 is 28.1 Å². The van der Waals surface area contributed by atoms with Crippen LogP contribution in [-0.2, 0) is 0 Å². The first-order valence-electron chi connectivity index (χ1n) is 5.21. The molecule has 1 aromatic heterocycles. The fourth-order valence-corrected chi connectivity index (χ4v) is 1.87. The number of nitrogens with one attached hydrogen (secondary N) is 1. The summed E-state index contributed by atoms with van der Waals surface area (Å²) in [6, 6.07) is 3.38. The Morgan fingerprint density at radius 3 is 2.75 bits per heavy atom. The van der Waals surface area contributed by atoms with Gasteiger partial charge in [-0.1, -0.05) is 0 Å². The van der Waals surface area contributed by atoms with Crippen LogP contribution < -0.4 is 15.8 Å². The van der Waals surface area contributed by atoms with Crippen molar-refractivity contribution < 1.29 is 22.7 Å². The average Bonchev–Trinajstić information content (AvgIpc) is 2.83. The molecule has 2 aromatic rings. The molecule has 20 heavy (non-hydrogen) atoms. The first kappa shape index (κ1) is 14.1. The first-order valence-corrected chi connectivity index (χ1v) is 6.09. The van der Waals surface area contributed by atoms with Crippen LogP contribution in [0.25, 0.3) is 0 Å². The van der Waals surface area contributed by atoms with Crippen molar-refractivity contribution in [1.29, 1.82) is 0 Å². The van der Waals surface area contributed by atoms with Gasteiger partial charge in [0.05, 0.1) is 5.69 Å². The Morgan fingerprint density at radius 1 is 1.40 bits per heavy atom. The van der Waals surface area contributed by atoms with E-state index in [-0.39, 0.29) is 11.3 Å². The third-order valence-corrected chi connectivity index (χ3v) is 2.84. The number of rotatable bonds is 3. The van der Waals surface area contributed by atoms with Crippen LogP contribution in [0, 0.1) is 0 Å². The molecule has 2 rings (SSSR count). The van der Waals surface area contributed by atoms with Gasteiger partial charge in [0.15, 0.2) is 10.9 Å². The highest BCUT2D eigenvalue weighted by Gasteiger charge is 2.32. The molecule has 3 N–H and O–H groups in total. The predicted octanol–water partition coefficient (Wildman–Crippen LogP) is 2.88. The fraction of sp³-hybridized carbons (Fsp3) is 0.0909. The van der Waals surface area contributed by atoms with Crippen molar-refractivity contribution in [3.63, 3.8) is 0 Å². The summed E-state index contributed by atoms with van der Waals surface area (Å²) in [5.41, 5.74) is 5.13. The highest BCUT2D eigenvalue weighted by molar-refractivity contribution is 7.13. The van der Waals surface area contributed by atoms with Crippen molar-refractivity contribution in [2.75, 3.05) is 11.1 Å². The summed E-state index contributed by atoms with van der Waals surface area (Å²) >= 11 is 1.18. The molecule has 0 radical (unpaired) electrons. The zero-order valence-corrected chi connectivity index (χ0v) is 10.6. The van der Waals surface area contributed by atoms with E-state index in [1.807, 2.05) is 0 Å². The van der Waals surface area contributed by atoms with Crippen LogP contribution in [0.5, 0.6) is 5.75 Å². The van der Waals surface area contributed by atoms with Crippen LogP contribution in [0.15, 0.2) is 29.8 Å². The summed E-state index contributed by atoms with van der Waals surface area (Å²) in [6.07, 6.45) is -3.39. The number of nitrogens with two attached hydrogens (primary N) is 1. The smallest absolute Gasteiger partial charge is 0.404 e. The van der Waals surface area contributed by atoms with E-state index in [0.717, 1.165) is 12.1 Å². The van der Waals surface area contributed by atoms with Crippen molar-refractivity contribution in [2.45, 2.75) is 6.36 Å². The van der Waals surface area contributed by atoms with E-state index < -0.39 is 18.0 Å². The minimum absolute atomic E-state index is 0.0198. The molecule has 1 amide bonds. The second kappa shape index (κ2) is 5.37. The van der Waals surface area contributed by atoms with Crippen LogP contribution in [-0.4, -0.2) is 17.3 Å². The van der Waals surface area contributed by atoms with E-state index in [2.05, 4.69) is 15.0 Å². The van der Waals surface area contributed by atoms with Gasteiger partial charge in [0.25, 0.3) is 5.91 Å². The maximum Gasteiger partial charge on any atom is 0.573 e. The Balaban J connectivity index is 2.20. The van der Waals surface area contributed by atoms with Gasteiger partial charge < -0.3 is 10.5 Å². The number of alkyl halides is 3. The molecule has 0 aliphatic heterocycles. The van der Waals surface area contributed by atoms with Crippen LogP contribution in [0.4, 0.5) is 24.0 Å². The third-order valence-electron chi connectivity index (χ3n) is 2.15. The molecule has 0 bridgehead atoms. The van der Waals surface area contributed by atoms with E-state index in [9.17, 15) is 18.0 Å². The quantitative estimate of drug-likeness (QED) is 0.855. The number of thiazole rings is 1. The van der Waals surface area contributed by atoms with Crippen LogP contribution in [0.2, 0.25) is 0 Å². The molecule has 1 heterocycles. The van der Waals surface area contributed by atoms with Gasteiger partial charge in [-0.15, -0.1) is 24.5 Å². The minimum atomic E-state index is -4.88. The standard InChI is InChI=1S/C11H8F3N3O2S/c12-11(13,14)19-8-5-6(1-2-7(8)15)9(18)17-10-16-3-4-20-10/h1-5H,15H2,(H,16,17,18). The maximum atomic E-state index is 12.2. The number of nitrogens with zero attached hydrogens (tertiary/aromatic N) is 1. The molecule has 9 heteroatoms. The number of benzene rings is 1. The summed E-state index contributed by atoms with van der Waals surface area (Å²) in [4.78, 5) is 15.7.